The van der Waals surface area contributed by atoms with E-state index < -0.39 is 12.5 Å². The second-order valence-corrected chi connectivity index (χ2v) is 6.19. The minimum atomic E-state index is -4.74. The number of hydrogen-bond donors (Lipinski definition) is 2. The van der Waals surface area contributed by atoms with Crippen molar-refractivity contribution in [1.29, 1.82) is 0 Å². The Balaban J connectivity index is 1.68. The van der Waals surface area contributed by atoms with Gasteiger partial charge in [0.1, 0.15) is 17.9 Å². The third-order valence-electron chi connectivity index (χ3n) is 3.79. The van der Waals surface area contributed by atoms with Gasteiger partial charge in [-0.05, 0) is 30.3 Å². The Morgan fingerprint density at radius 3 is 2.46 bits per heavy atom. The number of rotatable bonds is 6. The number of hydrogen-bond acceptors (Lipinski definition) is 5. The Morgan fingerprint density at radius 2 is 1.79 bits per heavy atom. The van der Waals surface area contributed by atoms with Crippen LogP contribution in [0.2, 0.25) is 5.02 Å². The fraction of sp³-hybridized carbons (Fsp3) is 0.158. The zero-order chi connectivity index (χ0) is 20.1. The lowest BCUT2D eigenvalue weighted by Gasteiger charge is -2.14. The van der Waals surface area contributed by atoms with Gasteiger partial charge in [-0.2, -0.15) is 0 Å². The number of anilines is 1. The monoisotopic (exact) mass is 409 g/mol. The minimum absolute atomic E-state index is 0.165. The van der Waals surface area contributed by atoms with E-state index in [1.54, 1.807) is 30.3 Å². The van der Waals surface area contributed by atoms with Crippen molar-refractivity contribution in [2.24, 2.45) is 0 Å². The van der Waals surface area contributed by atoms with Crippen molar-refractivity contribution in [3.8, 4) is 17.0 Å². The van der Waals surface area contributed by atoms with Crippen molar-refractivity contribution in [3.05, 3.63) is 71.5 Å². The maximum Gasteiger partial charge on any atom is 0.573 e. The average molecular weight is 410 g/mol. The third-order valence-corrected chi connectivity index (χ3v) is 4.14. The summed E-state index contributed by atoms with van der Waals surface area (Å²) in [6.45, 7) is 0.165. The summed E-state index contributed by atoms with van der Waals surface area (Å²) in [6.07, 6.45) is -4.26. The zero-order valence-corrected chi connectivity index (χ0v) is 15.1. The van der Waals surface area contributed by atoms with Crippen LogP contribution in [0.5, 0.6) is 5.75 Å². The Labute approximate surface area is 163 Å². The molecule has 28 heavy (non-hydrogen) atoms. The number of aromatic nitrogens is 2. The first-order valence-corrected chi connectivity index (χ1v) is 8.54. The van der Waals surface area contributed by atoms with E-state index in [1.165, 1.54) is 30.6 Å². The van der Waals surface area contributed by atoms with Gasteiger partial charge in [0, 0.05) is 28.8 Å². The van der Waals surface area contributed by atoms with Gasteiger partial charge in [0.25, 0.3) is 0 Å². The molecule has 0 saturated carbocycles. The van der Waals surface area contributed by atoms with Crippen LogP contribution in [0.1, 0.15) is 11.7 Å². The number of aliphatic hydroxyl groups excluding tert-OH is 1. The Hall–Kier alpha value is -2.84. The number of aliphatic hydroxyl groups is 1. The summed E-state index contributed by atoms with van der Waals surface area (Å²) in [6, 6.07) is 13.9. The van der Waals surface area contributed by atoms with Gasteiger partial charge in [-0.1, -0.05) is 29.8 Å². The topological polar surface area (TPSA) is 67.3 Å². The molecule has 0 bridgehead atoms. The molecule has 1 unspecified atom stereocenters. The molecule has 0 aliphatic carbocycles. The molecule has 3 rings (SSSR count). The Kier molecular flexibility index (Phi) is 6.01. The van der Waals surface area contributed by atoms with Gasteiger partial charge in [-0.15, -0.1) is 13.2 Å². The highest BCUT2D eigenvalue weighted by atomic mass is 35.5. The molecule has 146 valence electrons. The molecule has 9 heteroatoms. The van der Waals surface area contributed by atoms with Crippen LogP contribution in [0.3, 0.4) is 0 Å². The van der Waals surface area contributed by atoms with Crippen LogP contribution < -0.4 is 10.1 Å². The van der Waals surface area contributed by atoms with Crippen LogP contribution >= 0.6 is 11.6 Å². The predicted octanol–water partition coefficient (Wildman–Crippen LogP) is 4.84. The minimum Gasteiger partial charge on any atom is -0.406 e. The molecule has 1 atom stereocenters. The van der Waals surface area contributed by atoms with Gasteiger partial charge in [-0.3, -0.25) is 0 Å². The lowest BCUT2D eigenvalue weighted by atomic mass is 10.1. The van der Waals surface area contributed by atoms with E-state index in [-0.39, 0.29) is 12.3 Å². The molecule has 0 amide bonds. The van der Waals surface area contributed by atoms with Gasteiger partial charge >= 0.3 is 6.36 Å². The number of nitrogens with one attached hydrogen (secondary N) is 1. The SMILES string of the molecule is OC(CNc1cc(-c2ccc(OC(F)(F)F)cc2)ncn1)c1ccccc1Cl. The fourth-order valence-corrected chi connectivity index (χ4v) is 2.76. The molecule has 1 heterocycles. The first-order valence-electron chi connectivity index (χ1n) is 8.16. The molecule has 0 saturated heterocycles. The highest BCUT2D eigenvalue weighted by molar-refractivity contribution is 6.31. The maximum absolute atomic E-state index is 12.2. The molecule has 1 aromatic heterocycles. The van der Waals surface area contributed by atoms with Crippen LogP contribution in [0.4, 0.5) is 19.0 Å². The maximum atomic E-state index is 12.2. The van der Waals surface area contributed by atoms with Crippen LogP contribution in [0.15, 0.2) is 60.9 Å². The van der Waals surface area contributed by atoms with E-state index in [4.69, 9.17) is 11.6 Å². The predicted molar refractivity (Wildman–Crippen MR) is 99.1 cm³/mol. The average Bonchev–Trinajstić information content (AvgIpc) is 2.66. The van der Waals surface area contributed by atoms with Gasteiger partial charge in [0.15, 0.2) is 0 Å². The summed E-state index contributed by atoms with van der Waals surface area (Å²) in [4.78, 5) is 8.19. The summed E-state index contributed by atoms with van der Waals surface area (Å²) in [7, 11) is 0. The van der Waals surface area contributed by atoms with Crippen molar-refractivity contribution in [2.45, 2.75) is 12.5 Å². The Morgan fingerprint density at radius 1 is 1.07 bits per heavy atom. The van der Waals surface area contributed by atoms with Gasteiger partial charge in [0.05, 0.1) is 11.8 Å². The van der Waals surface area contributed by atoms with Crippen molar-refractivity contribution >= 4 is 17.4 Å². The van der Waals surface area contributed by atoms with E-state index >= 15 is 0 Å². The third kappa shape index (κ3) is 5.34. The van der Waals surface area contributed by atoms with Crippen LogP contribution in [0.25, 0.3) is 11.3 Å². The van der Waals surface area contributed by atoms with E-state index in [9.17, 15) is 18.3 Å². The fourth-order valence-electron chi connectivity index (χ4n) is 2.50. The zero-order valence-electron chi connectivity index (χ0n) is 14.3. The number of ether oxygens (including phenoxy) is 1. The summed E-state index contributed by atoms with van der Waals surface area (Å²) >= 11 is 6.06. The highest BCUT2D eigenvalue weighted by Gasteiger charge is 2.30. The second kappa shape index (κ2) is 8.45. The number of alkyl halides is 3. The molecule has 5 nitrogen and oxygen atoms in total. The molecule has 2 N–H and O–H groups in total. The molecular weight excluding hydrogens is 395 g/mol. The second-order valence-electron chi connectivity index (χ2n) is 5.78. The number of halogens is 4. The van der Waals surface area contributed by atoms with Crippen molar-refractivity contribution in [1.82, 2.24) is 9.97 Å². The number of nitrogens with zero attached hydrogens (tertiary/aromatic N) is 2. The van der Waals surface area contributed by atoms with Crippen LogP contribution in [-0.2, 0) is 0 Å². The summed E-state index contributed by atoms with van der Waals surface area (Å²) < 4.78 is 40.6. The largest absolute Gasteiger partial charge is 0.573 e. The molecule has 0 spiro atoms. The van der Waals surface area contributed by atoms with Crippen molar-refractivity contribution in [2.75, 3.05) is 11.9 Å². The molecular formula is C19H15ClF3N3O2. The van der Waals surface area contributed by atoms with Crippen LogP contribution in [-0.4, -0.2) is 28.0 Å². The van der Waals surface area contributed by atoms with E-state index in [1.807, 2.05) is 0 Å². The molecule has 0 aliphatic heterocycles. The smallest absolute Gasteiger partial charge is 0.406 e. The molecule has 0 aliphatic rings. The Bertz CT molecular complexity index is 936. The van der Waals surface area contributed by atoms with Crippen LogP contribution in [0, 0.1) is 0 Å². The number of benzene rings is 2. The van der Waals surface area contributed by atoms with E-state index in [2.05, 4.69) is 20.0 Å². The molecule has 0 radical (unpaired) electrons. The van der Waals surface area contributed by atoms with Gasteiger partial charge in [0.2, 0.25) is 0 Å². The lowest BCUT2D eigenvalue weighted by molar-refractivity contribution is -0.274. The summed E-state index contributed by atoms with van der Waals surface area (Å²) in [5.41, 5.74) is 1.68. The van der Waals surface area contributed by atoms with Crippen molar-refractivity contribution < 1.29 is 23.0 Å². The normalized spacial score (nSPS) is 12.5. The van der Waals surface area contributed by atoms with E-state index in [0.29, 0.717) is 27.7 Å². The summed E-state index contributed by atoms with van der Waals surface area (Å²) in [5, 5.41) is 13.7. The highest BCUT2D eigenvalue weighted by Crippen LogP contribution is 2.27. The first kappa shape index (κ1) is 19.9. The summed E-state index contributed by atoms with van der Waals surface area (Å²) in [5.74, 6) is 0.137. The molecule has 2 aromatic carbocycles. The van der Waals surface area contributed by atoms with Gasteiger partial charge < -0.3 is 15.2 Å². The van der Waals surface area contributed by atoms with Gasteiger partial charge in [-0.25, -0.2) is 9.97 Å². The van der Waals surface area contributed by atoms with Crippen molar-refractivity contribution in [3.63, 3.8) is 0 Å². The first-order chi connectivity index (χ1) is 13.3. The molecule has 0 fully saturated rings. The molecule has 3 aromatic rings. The lowest BCUT2D eigenvalue weighted by Crippen LogP contribution is -2.16. The quantitative estimate of drug-likeness (QED) is 0.609. The standard InChI is InChI=1S/C19H15ClF3N3O2/c20-15-4-2-1-3-14(15)17(27)10-24-18-9-16(25-11-26-18)12-5-7-13(8-6-12)28-19(21,22)23/h1-9,11,17,27H,10H2,(H,24,25,26). The van der Waals surface area contributed by atoms with E-state index in [0.717, 1.165) is 0 Å².